The van der Waals surface area contributed by atoms with E-state index in [-0.39, 0.29) is 22.4 Å². The molecule has 0 radical (unpaired) electrons. The van der Waals surface area contributed by atoms with Crippen molar-refractivity contribution >= 4 is 50.0 Å². The number of fused-ring (bicyclic) bond motifs is 1. The SMILES string of the molecule is COc1cc(Nc2nc3ccccc3nc2NS(=O)(=O)c2cccc(NC(=O)c3ccc(OC)cc3C)c2)cc(OC)c1. The quantitative estimate of drug-likeness (QED) is 0.183. The summed E-state index contributed by atoms with van der Waals surface area (Å²) < 4.78 is 45.7. The summed E-state index contributed by atoms with van der Waals surface area (Å²) in [5, 5.41) is 5.90. The number of anilines is 4. The molecule has 0 saturated heterocycles. The molecule has 0 unspecified atom stereocenters. The van der Waals surface area contributed by atoms with Crippen LogP contribution in [-0.2, 0) is 10.0 Å². The van der Waals surface area contributed by atoms with Crippen molar-refractivity contribution in [1.29, 1.82) is 0 Å². The van der Waals surface area contributed by atoms with Crippen LogP contribution in [-0.4, -0.2) is 45.6 Å². The van der Waals surface area contributed by atoms with E-state index in [0.717, 1.165) is 0 Å². The molecule has 11 nitrogen and oxygen atoms in total. The molecule has 220 valence electrons. The molecule has 0 aliphatic rings. The van der Waals surface area contributed by atoms with Gasteiger partial charge in [-0.05, 0) is 61.0 Å². The molecule has 5 rings (SSSR count). The van der Waals surface area contributed by atoms with Crippen molar-refractivity contribution in [2.75, 3.05) is 36.7 Å². The lowest BCUT2D eigenvalue weighted by molar-refractivity contribution is 0.102. The summed E-state index contributed by atoms with van der Waals surface area (Å²) in [6.07, 6.45) is 0. The van der Waals surface area contributed by atoms with Gasteiger partial charge in [0.15, 0.2) is 11.6 Å². The van der Waals surface area contributed by atoms with Gasteiger partial charge in [0, 0.05) is 35.1 Å². The topological polar surface area (TPSA) is 141 Å². The van der Waals surface area contributed by atoms with Gasteiger partial charge in [0.2, 0.25) is 0 Å². The molecule has 43 heavy (non-hydrogen) atoms. The average Bonchev–Trinajstić information content (AvgIpc) is 3.00. The first-order valence-corrected chi connectivity index (χ1v) is 14.5. The maximum absolute atomic E-state index is 13.6. The molecular weight excluding hydrogens is 570 g/mol. The van der Waals surface area contributed by atoms with Crippen molar-refractivity contribution in [3.8, 4) is 17.2 Å². The Morgan fingerprint density at radius 1 is 0.698 bits per heavy atom. The van der Waals surface area contributed by atoms with Crippen molar-refractivity contribution < 1.29 is 27.4 Å². The van der Waals surface area contributed by atoms with Gasteiger partial charge in [-0.3, -0.25) is 9.52 Å². The fraction of sp³-hybridized carbons (Fsp3) is 0.129. The normalized spacial score (nSPS) is 11.1. The van der Waals surface area contributed by atoms with Crippen LogP contribution in [0.1, 0.15) is 15.9 Å². The highest BCUT2D eigenvalue weighted by atomic mass is 32.2. The smallest absolute Gasteiger partial charge is 0.263 e. The summed E-state index contributed by atoms with van der Waals surface area (Å²) in [6, 6.07) is 23.3. The van der Waals surface area contributed by atoms with Crippen LogP contribution in [0.2, 0.25) is 0 Å². The monoisotopic (exact) mass is 599 g/mol. The number of benzene rings is 4. The van der Waals surface area contributed by atoms with Gasteiger partial charge in [0.05, 0.1) is 37.3 Å². The molecule has 1 aromatic heterocycles. The highest BCUT2D eigenvalue weighted by Crippen LogP contribution is 2.32. The largest absolute Gasteiger partial charge is 0.497 e. The zero-order chi connectivity index (χ0) is 30.6. The predicted molar refractivity (Wildman–Crippen MR) is 165 cm³/mol. The molecule has 0 bridgehead atoms. The minimum absolute atomic E-state index is 0.0243. The molecule has 3 N–H and O–H groups in total. The van der Waals surface area contributed by atoms with E-state index in [2.05, 4.69) is 25.3 Å². The lowest BCUT2D eigenvalue weighted by Gasteiger charge is -2.15. The molecule has 5 aromatic rings. The summed E-state index contributed by atoms with van der Waals surface area (Å²) in [7, 11) is 0.437. The van der Waals surface area contributed by atoms with Crippen molar-refractivity contribution in [3.63, 3.8) is 0 Å². The molecule has 0 spiro atoms. The first kappa shape index (κ1) is 29.1. The number of hydrogen-bond acceptors (Lipinski definition) is 9. The number of aromatic nitrogens is 2. The lowest BCUT2D eigenvalue weighted by atomic mass is 10.1. The Kier molecular flexibility index (Phi) is 8.30. The first-order valence-electron chi connectivity index (χ1n) is 13.0. The highest BCUT2D eigenvalue weighted by Gasteiger charge is 2.21. The minimum atomic E-state index is -4.17. The third kappa shape index (κ3) is 6.60. The third-order valence-electron chi connectivity index (χ3n) is 6.50. The number of para-hydroxylation sites is 2. The van der Waals surface area contributed by atoms with E-state index in [1.807, 2.05) is 6.07 Å². The third-order valence-corrected chi connectivity index (χ3v) is 7.83. The van der Waals surface area contributed by atoms with E-state index in [4.69, 9.17) is 14.2 Å². The number of carbonyl (C=O) groups excluding carboxylic acids is 1. The molecule has 1 amide bonds. The Labute approximate surface area is 248 Å². The Hall–Kier alpha value is -5.36. The number of nitrogens with one attached hydrogen (secondary N) is 3. The molecule has 0 saturated carbocycles. The lowest BCUT2D eigenvalue weighted by Crippen LogP contribution is -2.17. The Morgan fingerprint density at radius 3 is 1.98 bits per heavy atom. The van der Waals surface area contributed by atoms with Gasteiger partial charge in [0.25, 0.3) is 15.9 Å². The number of methoxy groups -OCH3 is 3. The first-order chi connectivity index (χ1) is 20.7. The summed E-state index contributed by atoms with van der Waals surface area (Å²) in [6.45, 7) is 1.79. The van der Waals surface area contributed by atoms with Crippen LogP contribution in [0.3, 0.4) is 0 Å². The summed E-state index contributed by atoms with van der Waals surface area (Å²) in [5.41, 5.74) is 3.04. The summed E-state index contributed by atoms with van der Waals surface area (Å²) in [5.74, 6) is 1.44. The molecule has 0 aliphatic heterocycles. The van der Waals surface area contributed by atoms with E-state index in [9.17, 15) is 13.2 Å². The second-order valence-electron chi connectivity index (χ2n) is 9.40. The zero-order valence-electron chi connectivity index (χ0n) is 23.8. The van der Waals surface area contributed by atoms with E-state index >= 15 is 0 Å². The van der Waals surface area contributed by atoms with Gasteiger partial charge in [-0.2, -0.15) is 0 Å². The van der Waals surface area contributed by atoms with E-state index in [1.54, 1.807) is 80.8 Å². The Morgan fingerprint density at radius 2 is 1.35 bits per heavy atom. The number of sulfonamides is 1. The number of hydrogen-bond donors (Lipinski definition) is 3. The van der Waals surface area contributed by atoms with Gasteiger partial charge >= 0.3 is 0 Å². The van der Waals surface area contributed by atoms with Crippen LogP contribution in [0, 0.1) is 6.92 Å². The van der Waals surface area contributed by atoms with Crippen LogP contribution < -0.4 is 29.6 Å². The number of ether oxygens (including phenoxy) is 3. The Bertz CT molecular complexity index is 1910. The van der Waals surface area contributed by atoms with E-state index < -0.39 is 10.0 Å². The maximum Gasteiger partial charge on any atom is 0.263 e. The highest BCUT2D eigenvalue weighted by molar-refractivity contribution is 7.92. The van der Waals surface area contributed by atoms with Crippen molar-refractivity contribution in [2.45, 2.75) is 11.8 Å². The molecular formula is C31H29N5O6S. The molecule has 0 aliphatic carbocycles. The van der Waals surface area contributed by atoms with Gasteiger partial charge in [-0.25, -0.2) is 18.4 Å². The van der Waals surface area contributed by atoms with Crippen molar-refractivity contribution in [1.82, 2.24) is 9.97 Å². The fourth-order valence-electron chi connectivity index (χ4n) is 4.32. The van der Waals surface area contributed by atoms with Crippen LogP contribution in [0.25, 0.3) is 11.0 Å². The molecule has 0 atom stereocenters. The van der Waals surface area contributed by atoms with Crippen molar-refractivity contribution in [2.24, 2.45) is 0 Å². The second-order valence-corrected chi connectivity index (χ2v) is 11.1. The second kappa shape index (κ2) is 12.2. The number of rotatable bonds is 10. The zero-order valence-corrected chi connectivity index (χ0v) is 24.7. The average molecular weight is 600 g/mol. The fourth-order valence-corrected chi connectivity index (χ4v) is 5.37. The predicted octanol–water partition coefficient (Wildman–Crippen LogP) is 5.76. The number of carbonyl (C=O) groups is 1. The van der Waals surface area contributed by atoms with Gasteiger partial charge in [0.1, 0.15) is 17.2 Å². The minimum Gasteiger partial charge on any atom is -0.497 e. The number of nitrogens with zero attached hydrogens (tertiary/aromatic N) is 2. The molecule has 0 fully saturated rings. The standard InChI is InChI=1S/C31H29N5O6S/c1-19-14-22(40-2)12-13-26(19)31(37)33-20-8-7-9-25(17-20)43(38,39)36-30-29(34-27-10-5-6-11-28(27)35-30)32-21-15-23(41-3)18-24(16-21)42-4/h5-18H,1-4H3,(H,32,34)(H,33,37)(H,35,36). The number of amides is 1. The van der Waals surface area contributed by atoms with Crippen molar-refractivity contribution in [3.05, 3.63) is 96.1 Å². The molecule has 4 aromatic carbocycles. The maximum atomic E-state index is 13.6. The van der Waals surface area contributed by atoms with Crippen LogP contribution >= 0.6 is 0 Å². The Balaban J connectivity index is 1.45. The molecule has 12 heteroatoms. The summed E-state index contributed by atoms with van der Waals surface area (Å²) in [4.78, 5) is 22.0. The van der Waals surface area contributed by atoms with Crippen LogP contribution in [0.15, 0.2) is 89.8 Å². The van der Waals surface area contributed by atoms with Gasteiger partial charge in [-0.1, -0.05) is 18.2 Å². The van der Waals surface area contributed by atoms with Gasteiger partial charge in [-0.15, -0.1) is 0 Å². The molecule has 1 heterocycles. The number of aryl methyl sites for hydroxylation is 1. The van der Waals surface area contributed by atoms with Crippen LogP contribution in [0.5, 0.6) is 17.2 Å². The van der Waals surface area contributed by atoms with E-state index in [0.29, 0.717) is 50.8 Å². The van der Waals surface area contributed by atoms with E-state index in [1.165, 1.54) is 26.4 Å². The van der Waals surface area contributed by atoms with Gasteiger partial charge < -0.3 is 24.8 Å². The summed E-state index contributed by atoms with van der Waals surface area (Å²) >= 11 is 0. The van der Waals surface area contributed by atoms with Crippen LogP contribution in [0.4, 0.5) is 23.0 Å².